The minimum absolute atomic E-state index is 0.102. The highest BCUT2D eigenvalue weighted by Crippen LogP contribution is 2.39. The van der Waals surface area contributed by atoms with Gasteiger partial charge >= 0.3 is 0 Å². The minimum Gasteiger partial charge on any atom is -0.497 e. The van der Waals surface area contributed by atoms with Gasteiger partial charge in [-0.2, -0.15) is 0 Å². The van der Waals surface area contributed by atoms with E-state index in [4.69, 9.17) is 10.5 Å². The van der Waals surface area contributed by atoms with Gasteiger partial charge in [-0.1, -0.05) is 19.1 Å². The summed E-state index contributed by atoms with van der Waals surface area (Å²) < 4.78 is 5.14. The van der Waals surface area contributed by atoms with E-state index in [0.717, 1.165) is 36.1 Å². The fourth-order valence-corrected chi connectivity index (χ4v) is 4.77. The van der Waals surface area contributed by atoms with Gasteiger partial charge in [0.25, 0.3) is 5.91 Å². The van der Waals surface area contributed by atoms with Gasteiger partial charge in [-0.25, -0.2) is 0 Å². The average molecular weight is 372 g/mol. The molecule has 1 aromatic heterocycles. The number of ether oxygens (including phenoxy) is 1. The number of nitrogens with two attached hydrogens (primary N) is 1. The van der Waals surface area contributed by atoms with E-state index in [-0.39, 0.29) is 5.91 Å². The van der Waals surface area contributed by atoms with E-state index in [0.29, 0.717) is 29.3 Å². The number of anilines is 1. The molecular weight excluding hydrogens is 348 g/mol. The van der Waals surface area contributed by atoms with Crippen molar-refractivity contribution in [2.45, 2.75) is 39.0 Å². The molecule has 1 heterocycles. The zero-order valence-electron chi connectivity index (χ0n) is 15.1. The normalized spacial score (nSPS) is 16.0. The van der Waals surface area contributed by atoms with Gasteiger partial charge in [0.05, 0.1) is 12.7 Å². The summed E-state index contributed by atoms with van der Waals surface area (Å²) in [5.74, 6) is 0.834. The Balaban J connectivity index is 1.67. The fourth-order valence-electron chi connectivity index (χ4n) is 3.34. The Labute approximate surface area is 157 Å². The number of nitrogens with one attached hydrogen (secondary N) is 1. The summed E-state index contributed by atoms with van der Waals surface area (Å²) in [4.78, 5) is 25.5. The number of benzene rings is 1. The molecule has 0 saturated carbocycles. The number of primary amides is 1. The molecule has 26 heavy (non-hydrogen) atoms. The highest BCUT2D eigenvalue weighted by Gasteiger charge is 2.27. The van der Waals surface area contributed by atoms with Crippen molar-refractivity contribution in [2.24, 2.45) is 11.7 Å². The summed E-state index contributed by atoms with van der Waals surface area (Å²) in [7, 11) is 1.63. The molecule has 1 aliphatic carbocycles. The molecule has 138 valence electrons. The van der Waals surface area contributed by atoms with Crippen LogP contribution >= 0.6 is 11.3 Å². The summed E-state index contributed by atoms with van der Waals surface area (Å²) in [6, 6.07) is 7.66. The number of aryl methyl sites for hydroxylation is 1. The number of methoxy groups -OCH3 is 1. The molecule has 0 radical (unpaired) electrons. The molecule has 0 unspecified atom stereocenters. The van der Waals surface area contributed by atoms with Gasteiger partial charge in [0.2, 0.25) is 5.91 Å². The third kappa shape index (κ3) is 4.07. The summed E-state index contributed by atoms with van der Waals surface area (Å²) in [6.07, 6.45) is 3.83. The van der Waals surface area contributed by atoms with Crippen molar-refractivity contribution in [2.75, 3.05) is 12.4 Å². The molecule has 2 aromatic rings. The lowest BCUT2D eigenvalue weighted by atomic mass is 9.88. The second-order valence-corrected chi connectivity index (χ2v) is 7.92. The molecule has 6 heteroatoms. The molecule has 1 aromatic carbocycles. The van der Waals surface area contributed by atoms with Crippen LogP contribution in [0.25, 0.3) is 0 Å². The van der Waals surface area contributed by atoms with E-state index in [9.17, 15) is 9.59 Å². The third-order valence-corrected chi connectivity index (χ3v) is 5.98. The first-order valence-corrected chi connectivity index (χ1v) is 9.66. The molecule has 1 atom stereocenters. The molecular formula is C20H24N2O3S. The second kappa shape index (κ2) is 7.91. The van der Waals surface area contributed by atoms with Gasteiger partial charge in [0, 0.05) is 11.3 Å². The van der Waals surface area contributed by atoms with Crippen LogP contribution in [0.3, 0.4) is 0 Å². The minimum atomic E-state index is -0.456. The second-order valence-electron chi connectivity index (χ2n) is 6.82. The predicted molar refractivity (Wildman–Crippen MR) is 104 cm³/mol. The summed E-state index contributed by atoms with van der Waals surface area (Å²) in [5, 5.41) is 3.52. The van der Waals surface area contributed by atoms with Gasteiger partial charge in [0.1, 0.15) is 10.8 Å². The van der Waals surface area contributed by atoms with E-state index in [1.54, 1.807) is 7.11 Å². The van der Waals surface area contributed by atoms with Gasteiger partial charge < -0.3 is 15.8 Å². The third-order valence-electron chi connectivity index (χ3n) is 4.81. The first-order chi connectivity index (χ1) is 12.5. The smallest absolute Gasteiger partial charge is 0.251 e. The summed E-state index contributed by atoms with van der Waals surface area (Å²) >= 11 is 1.50. The highest BCUT2D eigenvalue weighted by atomic mass is 32.1. The predicted octanol–water partition coefficient (Wildman–Crippen LogP) is 3.55. The van der Waals surface area contributed by atoms with Crippen LogP contribution in [0.5, 0.6) is 5.75 Å². The lowest BCUT2D eigenvalue weighted by Crippen LogP contribution is -2.19. The van der Waals surface area contributed by atoms with Crippen LogP contribution in [0.15, 0.2) is 24.3 Å². The van der Waals surface area contributed by atoms with Crippen molar-refractivity contribution in [3.05, 3.63) is 45.8 Å². The Morgan fingerprint density at radius 3 is 2.69 bits per heavy atom. The first-order valence-electron chi connectivity index (χ1n) is 8.85. The number of hydrogen-bond donors (Lipinski definition) is 2. The van der Waals surface area contributed by atoms with E-state index < -0.39 is 5.91 Å². The van der Waals surface area contributed by atoms with Crippen molar-refractivity contribution in [3.8, 4) is 5.75 Å². The quantitative estimate of drug-likeness (QED) is 0.813. The van der Waals surface area contributed by atoms with Crippen LogP contribution in [0.4, 0.5) is 5.00 Å². The van der Waals surface area contributed by atoms with Crippen molar-refractivity contribution in [3.63, 3.8) is 0 Å². The molecule has 5 nitrogen and oxygen atoms in total. The van der Waals surface area contributed by atoms with E-state index >= 15 is 0 Å². The van der Waals surface area contributed by atoms with Crippen molar-refractivity contribution in [1.29, 1.82) is 0 Å². The Bertz CT molecular complexity index is 811. The number of thiophene rings is 1. The van der Waals surface area contributed by atoms with Crippen LogP contribution in [-0.4, -0.2) is 18.9 Å². The Morgan fingerprint density at radius 1 is 1.31 bits per heavy atom. The van der Waals surface area contributed by atoms with E-state index in [1.165, 1.54) is 16.2 Å². The van der Waals surface area contributed by atoms with Crippen molar-refractivity contribution in [1.82, 2.24) is 0 Å². The number of carbonyl (C=O) groups is 2. The van der Waals surface area contributed by atoms with Gasteiger partial charge in [0.15, 0.2) is 0 Å². The van der Waals surface area contributed by atoms with E-state index in [2.05, 4.69) is 12.2 Å². The molecule has 3 N–H and O–H groups in total. The standard InChI is InChI=1S/C20H24N2O3S/c1-12-3-9-15-16(11-12)26-20(18(15)19(21)24)22-17(23)10-6-13-4-7-14(25-2)8-5-13/h4-5,7-8,12H,3,6,9-11H2,1-2H3,(H2,21,24)(H,22,23)/t12-/m0/s1. The van der Waals surface area contributed by atoms with Crippen LogP contribution in [0.2, 0.25) is 0 Å². The number of carbonyl (C=O) groups excluding carboxylic acids is 2. The largest absolute Gasteiger partial charge is 0.497 e. The van der Waals surface area contributed by atoms with Crippen molar-refractivity contribution >= 4 is 28.2 Å². The Hall–Kier alpha value is -2.34. The number of hydrogen-bond acceptors (Lipinski definition) is 4. The SMILES string of the molecule is COc1ccc(CCC(=O)Nc2sc3c(c2C(N)=O)CC[C@H](C)C3)cc1. The summed E-state index contributed by atoms with van der Waals surface area (Å²) in [6.45, 7) is 2.21. The van der Waals surface area contributed by atoms with Gasteiger partial charge in [-0.3, -0.25) is 9.59 Å². The topological polar surface area (TPSA) is 81.4 Å². The molecule has 1 aliphatic rings. The van der Waals surface area contributed by atoms with E-state index in [1.807, 2.05) is 24.3 Å². The van der Waals surface area contributed by atoms with Crippen LogP contribution in [0.1, 0.15) is 46.1 Å². The molecule has 2 amide bonds. The maximum Gasteiger partial charge on any atom is 0.251 e. The van der Waals surface area contributed by atoms with Crippen molar-refractivity contribution < 1.29 is 14.3 Å². The molecule has 0 bridgehead atoms. The lowest BCUT2D eigenvalue weighted by molar-refractivity contribution is -0.116. The summed E-state index contributed by atoms with van der Waals surface area (Å²) in [5.41, 5.74) is 8.20. The first kappa shape index (κ1) is 18.5. The van der Waals surface area contributed by atoms with Crippen LogP contribution in [-0.2, 0) is 24.1 Å². The monoisotopic (exact) mass is 372 g/mol. The molecule has 0 saturated heterocycles. The number of fused-ring (bicyclic) bond motifs is 1. The number of amides is 2. The zero-order valence-corrected chi connectivity index (χ0v) is 15.9. The molecule has 0 spiro atoms. The maximum atomic E-state index is 12.4. The number of rotatable bonds is 6. The van der Waals surface area contributed by atoms with Gasteiger partial charge in [-0.05, 0) is 54.9 Å². The molecule has 0 aliphatic heterocycles. The average Bonchev–Trinajstić information content (AvgIpc) is 2.97. The maximum absolute atomic E-state index is 12.4. The molecule has 0 fully saturated rings. The van der Waals surface area contributed by atoms with Crippen LogP contribution in [0, 0.1) is 5.92 Å². The highest BCUT2D eigenvalue weighted by molar-refractivity contribution is 7.17. The molecule has 3 rings (SSSR count). The fraction of sp³-hybridized carbons (Fsp3) is 0.400. The Kier molecular flexibility index (Phi) is 5.61. The Morgan fingerprint density at radius 2 is 2.04 bits per heavy atom. The van der Waals surface area contributed by atoms with Gasteiger partial charge in [-0.15, -0.1) is 11.3 Å². The lowest BCUT2D eigenvalue weighted by Gasteiger charge is -2.18. The van der Waals surface area contributed by atoms with Crippen LogP contribution < -0.4 is 15.8 Å². The zero-order chi connectivity index (χ0) is 18.7.